The Labute approximate surface area is 128 Å². The number of carbonyl (C=O) groups excluding carboxylic acids is 1. The SMILES string of the molecule is COCCn1cnnc1[C@H](C)NC(=O)c1ccccc1C#N. The lowest BCUT2D eigenvalue weighted by Crippen LogP contribution is -2.29. The number of ether oxygens (including phenoxy) is 1. The highest BCUT2D eigenvalue weighted by Crippen LogP contribution is 2.12. The molecular formula is C15H17N5O2. The van der Waals surface area contributed by atoms with Crippen LogP contribution < -0.4 is 5.32 Å². The summed E-state index contributed by atoms with van der Waals surface area (Å²) in [6, 6.07) is 8.36. The minimum Gasteiger partial charge on any atom is -0.383 e. The third-order valence-electron chi connectivity index (χ3n) is 3.21. The molecule has 1 heterocycles. The van der Waals surface area contributed by atoms with Gasteiger partial charge in [-0.15, -0.1) is 10.2 Å². The molecule has 1 atom stereocenters. The zero-order valence-electron chi connectivity index (χ0n) is 12.5. The second kappa shape index (κ2) is 7.33. The molecule has 0 unspecified atom stereocenters. The van der Waals surface area contributed by atoms with E-state index in [2.05, 4.69) is 15.5 Å². The van der Waals surface area contributed by atoms with Crippen LogP contribution in [0.4, 0.5) is 0 Å². The first kappa shape index (κ1) is 15.7. The van der Waals surface area contributed by atoms with Gasteiger partial charge in [0.2, 0.25) is 0 Å². The molecule has 0 fully saturated rings. The number of nitriles is 1. The van der Waals surface area contributed by atoms with Crippen LogP contribution in [0.25, 0.3) is 0 Å². The Morgan fingerprint density at radius 3 is 3.00 bits per heavy atom. The number of nitrogens with one attached hydrogen (secondary N) is 1. The molecule has 0 saturated heterocycles. The van der Waals surface area contributed by atoms with E-state index in [1.54, 1.807) is 37.7 Å². The van der Waals surface area contributed by atoms with Crippen molar-refractivity contribution in [2.45, 2.75) is 19.5 Å². The molecular weight excluding hydrogens is 282 g/mol. The van der Waals surface area contributed by atoms with Crippen LogP contribution in [0.2, 0.25) is 0 Å². The molecule has 0 aliphatic rings. The molecule has 1 amide bonds. The fourth-order valence-electron chi connectivity index (χ4n) is 2.08. The zero-order valence-corrected chi connectivity index (χ0v) is 12.5. The zero-order chi connectivity index (χ0) is 15.9. The van der Waals surface area contributed by atoms with Gasteiger partial charge >= 0.3 is 0 Å². The molecule has 0 bridgehead atoms. The molecule has 1 N–H and O–H groups in total. The quantitative estimate of drug-likeness (QED) is 0.867. The number of aromatic nitrogens is 3. The highest BCUT2D eigenvalue weighted by Gasteiger charge is 2.18. The van der Waals surface area contributed by atoms with Gasteiger partial charge in [-0.3, -0.25) is 4.79 Å². The number of rotatable bonds is 6. The highest BCUT2D eigenvalue weighted by molar-refractivity contribution is 5.96. The number of hydrogen-bond donors (Lipinski definition) is 1. The van der Waals surface area contributed by atoms with Gasteiger partial charge in [-0.05, 0) is 19.1 Å². The molecule has 114 valence electrons. The van der Waals surface area contributed by atoms with Crippen molar-refractivity contribution in [3.8, 4) is 6.07 Å². The van der Waals surface area contributed by atoms with Crippen molar-refractivity contribution in [3.05, 3.63) is 47.5 Å². The Morgan fingerprint density at radius 1 is 1.50 bits per heavy atom. The van der Waals surface area contributed by atoms with Crippen molar-refractivity contribution in [1.82, 2.24) is 20.1 Å². The van der Waals surface area contributed by atoms with Crippen LogP contribution in [0.3, 0.4) is 0 Å². The van der Waals surface area contributed by atoms with Gasteiger partial charge in [0.05, 0.1) is 29.8 Å². The van der Waals surface area contributed by atoms with Crippen molar-refractivity contribution in [2.75, 3.05) is 13.7 Å². The molecule has 22 heavy (non-hydrogen) atoms. The molecule has 1 aromatic heterocycles. The first-order valence-corrected chi connectivity index (χ1v) is 6.84. The summed E-state index contributed by atoms with van der Waals surface area (Å²) in [5, 5.41) is 19.8. The Bertz CT molecular complexity index is 689. The van der Waals surface area contributed by atoms with Crippen molar-refractivity contribution in [3.63, 3.8) is 0 Å². The van der Waals surface area contributed by atoms with Crippen molar-refractivity contribution >= 4 is 5.91 Å². The predicted molar refractivity (Wildman–Crippen MR) is 78.9 cm³/mol. The van der Waals surface area contributed by atoms with Gasteiger partial charge in [0.25, 0.3) is 5.91 Å². The predicted octanol–water partition coefficient (Wildman–Crippen LogP) is 1.29. The molecule has 0 aliphatic carbocycles. The molecule has 1 aromatic carbocycles. The lowest BCUT2D eigenvalue weighted by molar-refractivity contribution is 0.0937. The minimum absolute atomic E-state index is 0.314. The van der Waals surface area contributed by atoms with Gasteiger partial charge in [-0.1, -0.05) is 12.1 Å². The molecule has 2 rings (SSSR count). The minimum atomic E-state index is -0.335. The summed E-state index contributed by atoms with van der Waals surface area (Å²) >= 11 is 0. The maximum absolute atomic E-state index is 12.3. The van der Waals surface area contributed by atoms with Gasteiger partial charge < -0.3 is 14.6 Å². The van der Waals surface area contributed by atoms with Crippen molar-refractivity contribution < 1.29 is 9.53 Å². The molecule has 0 spiro atoms. The number of methoxy groups -OCH3 is 1. The fourth-order valence-corrected chi connectivity index (χ4v) is 2.08. The standard InChI is InChI=1S/C15H17N5O2/c1-11(14-19-17-10-20(14)7-8-22-2)18-15(21)13-6-4-3-5-12(13)9-16/h3-6,10-11H,7-8H2,1-2H3,(H,18,21)/t11-/m0/s1. The summed E-state index contributed by atoms with van der Waals surface area (Å²) in [7, 11) is 1.62. The number of benzene rings is 1. The number of nitrogens with zero attached hydrogens (tertiary/aromatic N) is 4. The highest BCUT2D eigenvalue weighted by atomic mass is 16.5. The van der Waals surface area contributed by atoms with Crippen LogP contribution in [0.15, 0.2) is 30.6 Å². The molecule has 2 aromatic rings. The molecule has 0 radical (unpaired) electrons. The Balaban J connectivity index is 2.12. The molecule has 7 nitrogen and oxygen atoms in total. The van der Waals surface area contributed by atoms with E-state index >= 15 is 0 Å². The lowest BCUT2D eigenvalue weighted by atomic mass is 10.1. The number of carbonyl (C=O) groups is 1. The van der Waals surface area contributed by atoms with Crippen molar-refractivity contribution in [1.29, 1.82) is 5.26 Å². The van der Waals surface area contributed by atoms with E-state index in [-0.39, 0.29) is 11.9 Å². The molecule has 0 aliphatic heterocycles. The maximum atomic E-state index is 12.3. The van der Waals surface area contributed by atoms with E-state index in [9.17, 15) is 4.79 Å². The summed E-state index contributed by atoms with van der Waals surface area (Å²) in [5.41, 5.74) is 0.688. The summed E-state index contributed by atoms with van der Waals surface area (Å²) < 4.78 is 6.85. The van der Waals surface area contributed by atoms with Gasteiger partial charge in [0.1, 0.15) is 6.33 Å². The summed E-state index contributed by atoms with van der Waals surface area (Å²) in [5.74, 6) is 0.325. The summed E-state index contributed by atoms with van der Waals surface area (Å²) in [6.07, 6.45) is 1.60. The number of amides is 1. The average Bonchev–Trinajstić information content (AvgIpc) is 3.01. The van der Waals surface area contributed by atoms with Gasteiger partial charge in [0, 0.05) is 13.7 Å². The maximum Gasteiger partial charge on any atom is 0.253 e. The van der Waals surface area contributed by atoms with Crippen LogP contribution in [0.1, 0.15) is 34.7 Å². The third-order valence-corrected chi connectivity index (χ3v) is 3.21. The van der Waals surface area contributed by atoms with Crippen LogP contribution in [0.5, 0.6) is 0 Å². The van der Waals surface area contributed by atoms with E-state index in [4.69, 9.17) is 10.00 Å². The van der Waals surface area contributed by atoms with Gasteiger partial charge in [-0.25, -0.2) is 0 Å². The van der Waals surface area contributed by atoms with E-state index in [0.717, 1.165) is 0 Å². The van der Waals surface area contributed by atoms with Crippen LogP contribution in [-0.4, -0.2) is 34.4 Å². The lowest BCUT2D eigenvalue weighted by Gasteiger charge is -2.15. The third kappa shape index (κ3) is 3.48. The second-order valence-corrected chi connectivity index (χ2v) is 4.73. The second-order valence-electron chi connectivity index (χ2n) is 4.73. The first-order valence-electron chi connectivity index (χ1n) is 6.84. The van der Waals surface area contributed by atoms with E-state index in [0.29, 0.717) is 30.1 Å². The van der Waals surface area contributed by atoms with Gasteiger partial charge in [0.15, 0.2) is 5.82 Å². The van der Waals surface area contributed by atoms with E-state index in [1.165, 1.54) is 0 Å². The van der Waals surface area contributed by atoms with Crippen LogP contribution in [-0.2, 0) is 11.3 Å². The number of hydrogen-bond acceptors (Lipinski definition) is 5. The Hall–Kier alpha value is -2.72. The van der Waals surface area contributed by atoms with E-state index in [1.807, 2.05) is 17.6 Å². The van der Waals surface area contributed by atoms with E-state index < -0.39 is 0 Å². The van der Waals surface area contributed by atoms with Crippen LogP contribution >= 0.6 is 0 Å². The molecule has 0 saturated carbocycles. The van der Waals surface area contributed by atoms with Crippen LogP contribution in [0, 0.1) is 11.3 Å². The summed E-state index contributed by atoms with van der Waals surface area (Å²) in [4.78, 5) is 12.3. The monoisotopic (exact) mass is 299 g/mol. The first-order chi connectivity index (χ1) is 10.7. The smallest absolute Gasteiger partial charge is 0.253 e. The Kier molecular flexibility index (Phi) is 5.22. The summed E-state index contributed by atoms with van der Waals surface area (Å²) in [6.45, 7) is 2.96. The van der Waals surface area contributed by atoms with Crippen molar-refractivity contribution in [2.24, 2.45) is 0 Å². The normalized spacial score (nSPS) is 11.7. The Morgan fingerprint density at radius 2 is 2.27 bits per heavy atom. The van der Waals surface area contributed by atoms with Gasteiger partial charge in [-0.2, -0.15) is 5.26 Å². The topological polar surface area (TPSA) is 92.8 Å². The molecule has 7 heteroatoms. The fraction of sp³-hybridized carbons (Fsp3) is 0.333. The average molecular weight is 299 g/mol. The largest absolute Gasteiger partial charge is 0.383 e.